The molecule has 0 spiro atoms. The van der Waals surface area contributed by atoms with E-state index >= 15 is 0 Å². The van der Waals surface area contributed by atoms with Gasteiger partial charge in [0, 0.05) is 13.0 Å². The third kappa shape index (κ3) is 2.17. The van der Waals surface area contributed by atoms with E-state index in [1.165, 1.54) is 6.92 Å². The van der Waals surface area contributed by atoms with E-state index in [0.29, 0.717) is 13.0 Å². The highest BCUT2D eigenvalue weighted by molar-refractivity contribution is 5.66. The first-order chi connectivity index (χ1) is 5.61. The van der Waals surface area contributed by atoms with Crippen LogP contribution in [0.15, 0.2) is 0 Å². The van der Waals surface area contributed by atoms with Gasteiger partial charge in [-0.1, -0.05) is 0 Å². The summed E-state index contributed by atoms with van der Waals surface area (Å²) in [6, 6.07) is -0.336. The molecule has 1 aliphatic rings. The highest BCUT2D eigenvalue weighted by Crippen LogP contribution is 2.14. The van der Waals surface area contributed by atoms with E-state index in [-0.39, 0.29) is 6.04 Å². The molecule has 0 amide bonds. The molecule has 5 heteroatoms. The molecule has 70 valence electrons. The van der Waals surface area contributed by atoms with Crippen molar-refractivity contribution < 1.29 is 19.4 Å². The first-order valence-corrected chi connectivity index (χ1v) is 3.83. The molecule has 12 heavy (non-hydrogen) atoms. The Morgan fingerprint density at radius 1 is 1.75 bits per heavy atom. The summed E-state index contributed by atoms with van der Waals surface area (Å²) in [6.45, 7) is 1.67. The van der Waals surface area contributed by atoms with Gasteiger partial charge in [0.1, 0.15) is 0 Å². The quantitative estimate of drug-likeness (QED) is 0.499. The Kier molecular flexibility index (Phi) is 3.02. The molecule has 3 unspecified atom stereocenters. The standard InChI is InChI=1S/C7H13NO4/c1-4(9)12-6-5(8)2-3-11-7(6)10/h5-7,10H,2-3,8H2,1H3. The molecule has 3 atom stereocenters. The molecular formula is C7H13NO4. The Labute approximate surface area is 70.4 Å². The minimum atomic E-state index is -1.09. The smallest absolute Gasteiger partial charge is 0.303 e. The van der Waals surface area contributed by atoms with Gasteiger partial charge in [-0.15, -0.1) is 0 Å². The summed E-state index contributed by atoms with van der Waals surface area (Å²) in [5.74, 6) is -0.458. The molecule has 0 bridgehead atoms. The molecule has 5 nitrogen and oxygen atoms in total. The number of aliphatic hydroxyl groups is 1. The molecule has 1 fully saturated rings. The average Bonchev–Trinajstić information content (AvgIpc) is 1.97. The summed E-state index contributed by atoms with van der Waals surface area (Å²) in [4.78, 5) is 10.6. The first-order valence-electron chi connectivity index (χ1n) is 3.83. The van der Waals surface area contributed by atoms with Crippen molar-refractivity contribution in [3.05, 3.63) is 0 Å². The molecule has 0 aromatic carbocycles. The predicted molar refractivity (Wildman–Crippen MR) is 40.1 cm³/mol. The van der Waals surface area contributed by atoms with Crippen LogP contribution in [0.5, 0.6) is 0 Å². The van der Waals surface area contributed by atoms with Gasteiger partial charge < -0.3 is 20.3 Å². The number of ether oxygens (including phenoxy) is 2. The number of hydrogen-bond donors (Lipinski definition) is 2. The predicted octanol–water partition coefficient (Wildman–Crippen LogP) is -1.02. The Hall–Kier alpha value is -0.650. The van der Waals surface area contributed by atoms with Crippen molar-refractivity contribution in [2.45, 2.75) is 31.8 Å². The second-order valence-corrected chi connectivity index (χ2v) is 2.79. The van der Waals surface area contributed by atoms with Gasteiger partial charge in [0.05, 0.1) is 6.61 Å². The van der Waals surface area contributed by atoms with E-state index in [2.05, 4.69) is 0 Å². The molecule has 1 heterocycles. The van der Waals surface area contributed by atoms with Crippen LogP contribution in [0.4, 0.5) is 0 Å². The third-order valence-corrected chi connectivity index (χ3v) is 1.74. The molecule has 1 saturated heterocycles. The van der Waals surface area contributed by atoms with E-state index in [1.54, 1.807) is 0 Å². The van der Waals surface area contributed by atoms with E-state index in [1.807, 2.05) is 0 Å². The maximum Gasteiger partial charge on any atom is 0.303 e. The zero-order valence-corrected chi connectivity index (χ0v) is 6.90. The Bertz CT molecular complexity index is 163. The van der Waals surface area contributed by atoms with Gasteiger partial charge in [-0.2, -0.15) is 0 Å². The monoisotopic (exact) mass is 175 g/mol. The number of esters is 1. The van der Waals surface area contributed by atoms with Crippen LogP contribution in [0.3, 0.4) is 0 Å². The number of aliphatic hydroxyl groups excluding tert-OH is 1. The van der Waals surface area contributed by atoms with Gasteiger partial charge in [0.15, 0.2) is 12.4 Å². The Morgan fingerprint density at radius 3 is 2.92 bits per heavy atom. The summed E-state index contributed by atoms with van der Waals surface area (Å²) in [5, 5.41) is 9.21. The fourth-order valence-electron chi connectivity index (χ4n) is 1.13. The van der Waals surface area contributed by atoms with Crippen LogP contribution in [0, 0.1) is 0 Å². The van der Waals surface area contributed by atoms with E-state index in [4.69, 9.17) is 15.2 Å². The minimum Gasteiger partial charge on any atom is -0.455 e. The summed E-state index contributed by atoms with van der Waals surface area (Å²) in [5.41, 5.74) is 5.60. The fourth-order valence-corrected chi connectivity index (χ4v) is 1.13. The molecule has 0 aromatic heterocycles. The fraction of sp³-hybridized carbons (Fsp3) is 0.857. The minimum absolute atomic E-state index is 0.336. The lowest BCUT2D eigenvalue weighted by atomic mass is 10.1. The Balaban J connectivity index is 2.50. The van der Waals surface area contributed by atoms with Crippen molar-refractivity contribution in [1.29, 1.82) is 0 Å². The highest BCUT2D eigenvalue weighted by atomic mass is 16.6. The van der Waals surface area contributed by atoms with Crippen LogP contribution in [0.25, 0.3) is 0 Å². The molecule has 0 aliphatic carbocycles. The number of carbonyl (C=O) groups is 1. The van der Waals surface area contributed by atoms with Gasteiger partial charge in [0.25, 0.3) is 0 Å². The van der Waals surface area contributed by atoms with Gasteiger partial charge in [-0.3, -0.25) is 4.79 Å². The molecule has 1 aliphatic heterocycles. The SMILES string of the molecule is CC(=O)OC1C(N)CCOC1O. The van der Waals surface area contributed by atoms with E-state index in [9.17, 15) is 9.90 Å². The Morgan fingerprint density at radius 2 is 2.42 bits per heavy atom. The van der Waals surface area contributed by atoms with E-state index < -0.39 is 18.4 Å². The van der Waals surface area contributed by atoms with Crippen LogP contribution >= 0.6 is 0 Å². The second-order valence-electron chi connectivity index (χ2n) is 2.79. The number of rotatable bonds is 1. The molecule has 3 N–H and O–H groups in total. The second kappa shape index (κ2) is 3.84. The van der Waals surface area contributed by atoms with Crippen LogP contribution in [-0.4, -0.2) is 36.1 Å². The zero-order valence-electron chi connectivity index (χ0n) is 6.90. The van der Waals surface area contributed by atoms with E-state index in [0.717, 1.165) is 0 Å². The number of hydrogen-bond acceptors (Lipinski definition) is 5. The van der Waals surface area contributed by atoms with Gasteiger partial charge in [-0.05, 0) is 6.42 Å². The van der Waals surface area contributed by atoms with Gasteiger partial charge >= 0.3 is 5.97 Å². The van der Waals surface area contributed by atoms with Crippen molar-refractivity contribution in [2.24, 2.45) is 5.73 Å². The van der Waals surface area contributed by atoms with Crippen molar-refractivity contribution in [3.8, 4) is 0 Å². The van der Waals surface area contributed by atoms with Crippen molar-refractivity contribution in [3.63, 3.8) is 0 Å². The van der Waals surface area contributed by atoms with Crippen molar-refractivity contribution in [1.82, 2.24) is 0 Å². The van der Waals surface area contributed by atoms with Crippen molar-refractivity contribution >= 4 is 5.97 Å². The number of carbonyl (C=O) groups excluding carboxylic acids is 1. The van der Waals surface area contributed by atoms with Gasteiger partial charge in [-0.25, -0.2) is 0 Å². The van der Waals surface area contributed by atoms with Gasteiger partial charge in [0.2, 0.25) is 0 Å². The van der Waals surface area contributed by atoms with Crippen LogP contribution < -0.4 is 5.73 Å². The lowest BCUT2D eigenvalue weighted by molar-refractivity contribution is -0.209. The number of nitrogens with two attached hydrogens (primary N) is 1. The van der Waals surface area contributed by atoms with Crippen LogP contribution in [0.2, 0.25) is 0 Å². The lowest BCUT2D eigenvalue weighted by Crippen LogP contribution is -2.51. The maximum atomic E-state index is 10.6. The summed E-state index contributed by atoms with van der Waals surface area (Å²) in [7, 11) is 0. The van der Waals surface area contributed by atoms with Crippen molar-refractivity contribution in [2.75, 3.05) is 6.61 Å². The summed E-state index contributed by atoms with van der Waals surface area (Å²) >= 11 is 0. The lowest BCUT2D eigenvalue weighted by Gasteiger charge is -2.32. The van der Waals surface area contributed by atoms with Crippen LogP contribution in [-0.2, 0) is 14.3 Å². The maximum absolute atomic E-state index is 10.6. The molecule has 0 radical (unpaired) electrons. The normalized spacial score (nSPS) is 36.1. The zero-order chi connectivity index (χ0) is 9.14. The molecule has 0 saturated carbocycles. The third-order valence-electron chi connectivity index (χ3n) is 1.74. The highest BCUT2D eigenvalue weighted by Gasteiger charge is 2.33. The topological polar surface area (TPSA) is 81.8 Å². The molecule has 1 rings (SSSR count). The summed E-state index contributed by atoms with van der Waals surface area (Å²) in [6.07, 6.45) is -1.22. The first kappa shape index (κ1) is 9.44. The molecule has 0 aromatic rings. The van der Waals surface area contributed by atoms with Crippen LogP contribution in [0.1, 0.15) is 13.3 Å². The summed E-state index contributed by atoms with van der Waals surface area (Å²) < 4.78 is 9.64. The largest absolute Gasteiger partial charge is 0.455 e. The molecular weight excluding hydrogens is 162 g/mol. The average molecular weight is 175 g/mol.